The number of hydrogen-bond donors (Lipinski definition) is 2. The minimum Gasteiger partial charge on any atom is -0.456 e. The Balaban J connectivity index is 2.90. The molecule has 0 aliphatic heterocycles. The first-order chi connectivity index (χ1) is 18.2. The molecule has 0 aliphatic rings. The van der Waals surface area contributed by atoms with Crippen molar-refractivity contribution >= 4 is 17.9 Å². The molecule has 39 heavy (non-hydrogen) atoms. The fourth-order valence-corrected chi connectivity index (χ4v) is 4.32. The third-order valence-corrected chi connectivity index (χ3v) is 6.50. The number of nitrogens with one attached hydrogen (secondary N) is 1. The second-order valence-corrected chi connectivity index (χ2v) is 10.7. The van der Waals surface area contributed by atoms with Gasteiger partial charge >= 0.3 is 0 Å². The summed E-state index contributed by atoms with van der Waals surface area (Å²) in [6.45, 7) is 17.7. The smallest absolute Gasteiger partial charge is 0.246 e. The maximum atomic E-state index is 12.6. The third-order valence-electron chi connectivity index (χ3n) is 6.50. The van der Waals surface area contributed by atoms with Crippen LogP contribution >= 0.6 is 0 Å². The van der Waals surface area contributed by atoms with Crippen LogP contribution in [0.1, 0.15) is 76.3 Å². The number of carbonyl (C=O) groups is 2. The minimum absolute atomic E-state index is 0.164. The molecule has 0 aliphatic carbocycles. The van der Waals surface area contributed by atoms with Gasteiger partial charge in [0.2, 0.25) is 12.3 Å². The molecule has 0 aromatic heterocycles. The quantitative estimate of drug-likeness (QED) is 0.191. The van der Waals surface area contributed by atoms with Crippen LogP contribution in [0.25, 0.3) is 5.57 Å². The van der Waals surface area contributed by atoms with Gasteiger partial charge in [-0.3, -0.25) is 9.59 Å². The van der Waals surface area contributed by atoms with Gasteiger partial charge in [-0.25, -0.2) is 0 Å². The summed E-state index contributed by atoms with van der Waals surface area (Å²) < 4.78 is 6.60. The molecular weight excluding hydrogens is 488 g/mol. The topological polar surface area (TPSA) is 78.9 Å². The van der Waals surface area contributed by atoms with Gasteiger partial charge in [-0.05, 0) is 108 Å². The fraction of sp³-hybridized carbons (Fsp3) is 0.394. The first-order valence-corrected chi connectivity index (χ1v) is 13.4. The van der Waals surface area contributed by atoms with E-state index in [4.69, 9.17) is 4.74 Å². The molecule has 6 nitrogen and oxygen atoms in total. The molecule has 2 aromatic carbocycles. The Labute approximate surface area is 234 Å². The van der Waals surface area contributed by atoms with E-state index in [0.717, 1.165) is 40.9 Å². The van der Waals surface area contributed by atoms with E-state index in [1.54, 1.807) is 34.0 Å². The summed E-state index contributed by atoms with van der Waals surface area (Å²) in [6, 6.07) is 9.85. The minimum atomic E-state index is -1.11. The van der Waals surface area contributed by atoms with Gasteiger partial charge in [0.1, 0.15) is 11.5 Å². The molecule has 0 atom stereocenters. The average molecular weight is 533 g/mol. The number of ether oxygens (including phenoxy) is 1. The Morgan fingerprint density at radius 3 is 2.18 bits per heavy atom. The number of aliphatic hydroxyl groups is 1. The van der Waals surface area contributed by atoms with Gasteiger partial charge < -0.3 is 20.1 Å². The van der Waals surface area contributed by atoms with Gasteiger partial charge in [-0.1, -0.05) is 30.7 Å². The molecule has 0 radical (unpaired) electrons. The molecular formula is C33H44N2O4. The van der Waals surface area contributed by atoms with Crippen LogP contribution in [0.3, 0.4) is 0 Å². The van der Waals surface area contributed by atoms with E-state index in [1.165, 1.54) is 10.5 Å². The van der Waals surface area contributed by atoms with Crippen molar-refractivity contribution in [3.63, 3.8) is 0 Å². The lowest BCUT2D eigenvalue weighted by Gasteiger charge is -2.24. The van der Waals surface area contributed by atoms with Crippen molar-refractivity contribution in [2.24, 2.45) is 0 Å². The van der Waals surface area contributed by atoms with Crippen molar-refractivity contribution in [1.82, 2.24) is 10.2 Å². The van der Waals surface area contributed by atoms with Crippen molar-refractivity contribution in [2.75, 3.05) is 13.6 Å². The summed E-state index contributed by atoms with van der Waals surface area (Å²) >= 11 is 0. The van der Waals surface area contributed by atoms with Gasteiger partial charge in [-0.15, -0.1) is 0 Å². The van der Waals surface area contributed by atoms with E-state index < -0.39 is 5.60 Å². The predicted octanol–water partition coefficient (Wildman–Crippen LogP) is 6.73. The van der Waals surface area contributed by atoms with Crippen LogP contribution in [0, 0.1) is 13.8 Å². The van der Waals surface area contributed by atoms with Crippen LogP contribution in [-0.2, 0) is 21.6 Å². The summed E-state index contributed by atoms with van der Waals surface area (Å²) in [5, 5.41) is 13.7. The van der Waals surface area contributed by atoms with Crippen molar-refractivity contribution in [3.05, 3.63) is 87.1 Å². The van der Waals surface area contributed by atoms with Crippen LogP contribution in [0.4, 0.5) is 0 Å². The molecule has 2 aromatic rings. The lowest BCUT2D eigenvalue weighted by Crippen LogP contribution is -2.23. The van der Waals surface area contributed by atoms with Gasteiger partial charge in [0.15, 0.2) is 0 Å². The zero-order chi connectivity index (χ0) is 29.5. The lowest BCUT2D eigenvalue weighted by molar-refractivity contribution is -0.117. The summed E-state index contributed by atoms with van der Waals surface area (Å²) in [6.07, 6.45) is 5.21. The predicted molar refractivity (Wildman–Crippen MR) is 160 cm³/mol. The first kappa shape index (κ1) is 31.6. The van der Waals surface area contributed by atoms with Crippen LogP contribution in [0.15, 0.2) is 59.3 Å². The lowest BCUT2D eigenvalue weighted by atomic mass is 9.89. The van der Waals surface area contributed by atoms with Crippen LogP contribution in [0.5, 0.6) is 11.5 Å². The molecule has 2 N–H and O–H groups in total. The van der Waals surface area contributed by atoms with E-state index in [2.05, 4.69) is 24.4 Å². The molecule has 0 unspecified atom stereocenters. The van der Waals surface area contributed by atoms with E-state index in [9.17, 15) is 14.7 Å². The molecule has 0 saturated carbocycles. The normalized spacial score (nSPS) is 12.2. The number of benzene rings is 2. The maximum Gasteiger partial charge on any atom is 0.246 e. The number of aryl methyl sites for hydroxylation is 3. The van der Waals surface area contributed by atoms with Gasteiger partial charge in [0.05, 0.1) is 5.60 Å². The van der Waals surface area contributed by atoms with Crippen molar-refractivity contribution < 1.29 is 19.4 Å². The zero-order valence-electron chi connectivity index (χ0n) is 25.2. The SMILES string of the molecule is CCNC(=O)/C(C)=C/C(=C(C)C)/C(=C\N(C)C=O)c1cc(C(C)(C)O)ccc1Oc1c(C)cc(CC)cc1C. The number of nitrogens with zero attached hydrogens (tertiary/aromatic N) is 1. The highest BCUT2D eigenvalue weighted by molar-refractivity contribution is 5.95. The maximum absolute atomic E-state index is 12.6. The highest BCUT2D eigenvalue weighted by Gasteiger charge is 2.23. The summed E-state index contributed by atoms with van der Waals surface area (Å²) in [4.78, 5) is 25.8. The Morgan fingerprint density at radius 2 is 1.69 bits per heavy atom. The zero-order valence-corrected chi connectivity index (χ0v) is 25.2. The highest BCUT2D eigenvalue weighted by atomic mass is 16.5. The molecule has 2 rings (SSSR count). The van der Waals surface area contributed by atoms with Gasteiger partial charge in [-0.2, -0.15) is 0 Å². The Kier molecular flexibility index (Phi) is 10.9. The van der Waals surface area contributed by atoms with Crippen LogP contribution < -0.4 is 10.1 Å². The molecule has 0 fully saturated rings. The Bertz CT molecular complexity index is 1280. The average Bonchev–Trinajstić information content (AvgIpc) is 2.87. The van der Waals surface area contributed by atoms with Crippen molar-refractivity contribution in [1.29, 1.82) is 0 Å². The van der Waals surface area contributed by atoms with E-state index in [-0.39, 0.29) is 5.91 Å². The van der Waals surface area contributed by atoms with Crippen molar-refractivity contribution in [3.8, 4) is 11.5 Å². The second-order valence-electron chi connectivity index (χ2n) is 10.7. The largest absolute Gasteiger partial charge is 0.456 e. The molecule has 0 spiro atoms. The summed E-state index contributed by atoms with van der Waals surface area (Å²) in [7, 11) is 1.66. The second kappa shape index (κ2) is 13.4. The number of carbonyl (C=O) groups excluding carboxylic acids is 2. The number of likely N-dealkylation sites (N-methyl/N-ethyl adjacent to an activating group) is 1. The third kappa shape index (κ3) is 8.17. The summed E-state index contributed by atoms with van der Waals surface area (Å²) in [5.41, 5.74) is 6.51. The number of amides is 2. The number of hydrogen-bond acceptors (Lipinski definition) is 4. The molecule has 2 amide bonds. The molecule has 0 bridgehead atoms. The molecule has 210 valence electrons. The highest BCUT2D eigenvalue weighted by Crippen LogP contribution is 2.40. The molecule has 0 heterocycles. The molecule has 0 saturated heterocycles. The standard InChI is InChI=1S/C33H44N2O4/c1-11-25-15-22(5)31(23(6)16-25)39-30-14-13-26(33(8,9)38)18-28(30)29(19-35(10)20-36)27(21(3)4)17-24(7)32(37)34-12-2/h13-20,38H,11-12H2,1-10H3,(H,34,37)/b24-17+,29-19+. The van der Waals surface area contributed by atoms with Crippen LogP contribution in [0.2, 0.25) is 0 Å². The van der Waals surface area contributed by atoms with E-state index >= 15 is 0 Å². The monoisotopic (exact) mass is 532 g/mol. The van der Waals surface area contributed by atoms with Crippen molar-refractivity contribution in [2.45, 2.75) is 74.3 Å². The Hall–Kier alpha value is -3.64. The van der Waals surface area contributed by atoms with Gasteiger partial charge in [0.25, 0.3) is 0 Å². The number of rotatable bonds is 11. The molecule has 6 heteroatoms. The summed E-state index contributed by atoms with van der Waals surface area (Å²) in [5.74, 6) is 1.18. The number of allylic oxidation sites excluding steroid dienone is 4. The van der Waals surface area contributed by atoms with Crippen LogP contribution in [-0.4, -0.2) is 35.9 Å². The Morgan fingerprint density at radius 1 is 1.08 bits per heavy atom. The first-order valence-electron chi connectivity index (χ1n) is 13.4. The van der Waals surface area contributed by atoms with E-state index in [0.29, 0.717) is 34.6 Å². The van der Waals surface area contributed by atoms with Gasteiger partial charge in [0, 0.05) is 36.5 Å². The fourth-order valence-electron chi connectivity index (χ4n) is 4.32. The van der Waals surface area contributed by atoms with E-state index in [1.807, 2.05) is 58.9 Å².